The lowest BCUT2D eigenvalue weighted by atomic mass is 10.1. The Hall–Kier alpha value is -2.11. The van der Waals surface area contributed by atoms with Crippen molar-refractivity contribution >= 4 is 11.8 Å². The van der Waals surface area contributed by atoms with Gasteiger partial charge in [0.15, 0.2) is 0 Å². The molecule has 0 bridgehead atoms. The molecular weight excluding hydrogens is 306 g/mol. The van der Waals surface area contributed by atoms with Gasteiger partial charge in [0.25, 0.3) is 0 Å². The molecule has 0 N–H and O–H groups in total. The summed E-state index contributed by atoms with van der Waals surface area (Å²) in [6, 6.07) is 4.00. The maximum atomic E-state index is 5.74. The van der Waals surface area contributed by atoms with Crippen molar-refractivity contribution in [3.05, 3.63) is 23.5 Å². The van der Waals surface area contributed by atoms with Crippen LogP contribution in [0.15, 0.2) is 22.1 Å². The quantitative estimate of drug-likeness (QED) is 0.832. The van der Waals surface area contributed by atoms with Gasteiger partial charge in [-0.05, 0) is 11.8 Å². The zero-order valence-corrected chi connectivity index (χ0v) is 14.9. The van der Waals surface area contributed by atoms with Crippen molar-refractivity contribution in [1.29, 1.82) is 0 Å². The van der Waals surface area contributed by atoms with Crippen LogP contribution >= 0.6 is 0 Å². The summed E-state index contributed by atoms with van der Waals surface area (Å²) in [4.78, 5) is 13.9. The second-order valence-corrected chi connectivity index (χ2v) is 6.89. The van der Waals surface area contributed by atoms with E-state index in [1.165, 1.54) is 0 Å². The van der Waals surface area contributed by atoms with Gasteiger partial charge in [-0.25, -0.2) is 15.0 Å². The van der Waals surface area contributed by atoms with Gasteiger partial charge in [0, 0.05) is 12.1 Å². The second-order valence-electron chi connectivity index (χ2n) is 6.89. The average molecular weight is 331 g/mol. The van der Waals surface area contributed by atoms with E-state index in [2.05, 4.69) is 42.7 Å². The smallest absolute Gasteiger partial charge is 0.235 e. The van der Waals surface area contributed by atoms with Gasteiger partial charge in [0.2, 0.25) is 11.8 Å². The van der Waals surface area contributed by atoms with Crippen LogP contribution < -0.4 is 4.74 Å². The molecular formula is C18H25N3O3. The van der Waals surface area contributed by atoms with Gasteiger partial charge >= 0.3 is 0 Å². The van der Waals surface area contributed by atoms with Crippen LogP contribution in [0.5, 0.6) is 5.75 Å². The number of nitrogens with zero attached hydrogens (tertiary/aromatic N) is 3. The fourth-order valence-electron chi connectivity index (χ4n) is 2.58. The number of aromatic nitrogens is 1. The molecule has 3 rings (SSSR count). The van der Waals surface area contributed by atoms with Crippen LogP contribution in [0.2, 0.25) is 0 Å². The molecule has 3 heterocycles. The highest BCUT2D eigenvalue weighted by molar-refractivity contribution is 5.98. The Morgan fingerprint density at radius 3 is 1.71 bits per heavy atom. The van der Waals surface area contributed by atoms with Crippen molar-refractivity contribution in [2.75, 3.05) is 20.3 Å². The highest BCUT2D eigenvalue weighted by atomic mass is 16.5. The van der Waals surface area contributed by atoms with E-state index in [-0.39, 0.29) is 12.1 Å². The van der Waals surface area contributed by atoms with Crippen LogP contribution in [0.1, 0.15) is 39.1 Å². The topological polar surface area (TPSA) is 65.3 Å². The van der Waals surface area contributed by atoms with Gasteiger partial charge in [-0.15, -0.1) is 0 Å². The molecule has 6 heteroatoms. The molecule has 0 spiro atoms. The molecule has 1 aromatic rings. The number of ether oxygens (including phenoxy) is 3. The SMILES string of the molecule is COc1cc(C2=N[C@@H](C(C)C)CO2)nc(C2=N[C@@H](C(C)C)CO2)c1. The number of hydrogen-bond donors (Lipinski definition) is 0. The van der Waals surface area contributed by atoms with Crippen molar-refractivity contribution in [3.8, 4) is 5.75 Å². The molecule has 6 nitrogen and oxygen atoms in total. The molecule has 0 aromatic carbocycles. The first-order valence-electron chi connectivity index (χ1n) is 8.46. The van der Waals surface area contributed by atoms with Crippen molar-refractivity contribution in [2.24, 2.45) is 21.8 Å². The van der Waals surface area contributed by atoms with Crippen molar-refractivity contribution in [3.63, 3.8) is 0 Å². The van der Waals surface area contributed by atoms with Crippen LogP contribution in [0.25, 0.3) is 0 Å². The standard InChI is InChI=1S/C18H25N3O3/c1-10(2)15-8-23-17(20-15)13-6-12(22-5)7-14(19-13)18-21-16(9-24-18)11(3)4/h6-7,10-11,15-16H,8-9H2,1-5H3/t15-,16-/m1/s1. The Morgan fingerprint density at radius 1 is 0.917 bits per heavy atom. The highest BCUT2D eigenvalue weighted by Crippen LogP contribution is 2.23. The van der Waals surface area contributed by atoms with Crippen molar-refractivity contribution in [2.45, 2.75) is 39.8 Å². The summed E-state index contributed by atoms with van der Waals surface area (Å²) >= 11 is 0. The van der Waals surface area contributed by atoms with Gasteiger partial charge in [-0.2, -0.15) is 0 Å². The van der Waals surface area contributed by atoms with Gasteiger partial charge in [0.05, 0.1) is 19.2 Å². The molecule has 0 aliphatic carbocycles. The van der Waals surface area contributed by atoms with Gasteiger partial charge in [-0.3, -0.25) is 0 Å². The van der Waals surface area contributed by atoms with Crippen molar-refractivity contribution in [1.82, 2.24) is 4.98 Å². The second kappa shape index (κ2) is 6.79. The monoisotopic (exact) mass is 331 g/mol. The van der Waals surface area contributed by atoms with E-state index in [1.807, 2.05) is 12.1 Å². The fraction of sp³-hybridized carbons (Fsp3) is 0.611. The summed E-state index contributed by atoms with van der Waals surface area (Å²) in [5, 5.41) is 0. The lowest BCUT2D eigenvalue weighted by Crippen LogP contribution is -2.13. The maximum absolute atomic E-state index is 5.74. The van der Waals surface area contributed by atoms with Gasteiger partial charge < -0.3 is 14.2 Å². The number of hydrogen-bond acceptors (Lipinski definition) is 6. The van der Waals surface area contributed by atoms with E-state index >= 15 is 0 Å². The summed E-state index contributed by atoms with van der Waals surface area (Å²) < 4.78 is 16.9. The summed E-state index contributed by atoms with van der Waals surface area (Å²) in [6.45, 7) is 9.73. The molecule has 0 amide bonds. The van der Waals surface area contributed by atoms with E-state index in [1.54, 1.807) is 7.11 Å². The van der Waals surface area contributed by atoms with E-state index in [4.69, 9.17) is 14.2 Å². The fourth-order valence-corrected chi connectivity index (χ4v) is 2.58. The Balaban J connectivity index is 1.93. The van der Waals surface area contributed by atoms with Crippen LogP contribution in [-0.2, 0) is 9.47 Å². The third-order valence-electron chi connectivity index (χ3n) is 4.36. The van der Waals surface area contributed by atoms with Crippen molar-refractivity contribution < 1.29 is 14.2 Å². The predicted octanol–water partition coefficient (Wildman–Crippen LogP) is 2.69. The minimum atomic E-state index is 0.168. The van der Waals surface area contributed by atoms with Gasteiger partial charge in [-0.1, -0.05) is 27.7 Å². The molecule has 0 fully saturated rings. The number of rotatable bonds is 5. The summed E-state index contributed by atoms with van der Waals surface area (Å²) in [5.41, 5.74) is 1.32. The summed E-state index contributed by atoms with van der Waals surface area (Å²) in [6.07, 6.45) is 0. The third-order valence-corrected chi connectivity index (χ3v) is 4.36. The molecule has 24 heavy (non-hydrogen) atoms. The molecule has 2 aliphatic rings. The first-order valence-corrected chi connectivity index (χ1v) is 8.46. The normalized spacial score (nSPS) is 23.1. The number of pyridine rings is 1. The number of aliphatic imine (C=N–C) groups is 2. The molecule has 1 aromatic heterocycles. The average Bonchev–Trinajstić information content (AvgIpc) is 3.23. The van der Waals surface area contributed by atoms with E-state index in [0.717, 1.165) is 0 Å². The molecule has 0 unspecified atom stereocenters. The zero-order chi connectivity index (χ0) is 17.3. The van der Waals surface area contributed by atoms with Crippen LogP contribution in [0.3, 0.4) is 0 Å². The Bertz CT molecular complexity index is 615. The third kappa shape index (κ3) is 3.37. The largest absolute Gasteiger partial charge is 0.497 e. The predicted molar refractivity (Wildman–Crippen MR) is 93.0 cm³/mol. The molecule has 130 valence electrons. The molecule has 2 atom stereocenters. The highest BCUT2D eigenvalue weighted by Gasteiger charge is 2.27. The lowest BCUT2D eigenvalue weighted by Gasteiger charge is -2.08. The van der Waals surface area contributed by atoms with Gasteiger partial charge in [0.1, 0.15) is 30.4 Å². The first kappa shape index (κ1) is 16.7. The Morgan fingerprint density at radius 2 is 1.38 bits per heavy atom. The van der Waals surface area contributed by atoms with E-state index in [0.29, 0.717) is 54.0 Å². The molecule has 2 aliphatic heterocycles. The zero-order valence-electron chi connectivity index (χ0n) is 14.9. The first-order chi connectivity index (χ1) is 11.5. The maximum Gasteiger partial charge on any atom is 0.235 e. The Kier molecular flexibility index (Phi) is 4.73. The summed E-state index contributed by atoms with van der Waals surface area (Å²) in [5.74, 6) is 2.68. The van der Waals surface area contributed by atoms with Crippen LogP contribution in [-0.4, -0.2) is 49.2 Å². The minimum absolute atomic E-state index is 0.168. The molecule has 0 saturated carbocycles. The van der Waals surface area contributed by atoms with Crippen LogP contribution in [0, 0.1) is 11.8 Å². The minimum Gasteiger partial charge on any atom is -0.497 e. The lowest BCUT2D eigenvalue weighted by molar-refractivity contribution is 0.290. The molecule has 0 saturated heterocycles. The van der Waals surface area contributed by atoms with E-state index < -0.39 is 0 Å². The number of methoxy groups -OCH3 is 1. The van der Waals surface area contributed by atoms with E-state index in [9.17, 15) is 0 Å². The summed E-state index contributed by atoms with van der Waals surface area (Å²) in [7, 11) is 1.63. The molecule has 0 radical (unpaired) electrons. The Labute approximate surface area is 143 Å². The van der Waals surface area contributed by atoms with Crippen LogP contribution in [0.4, 0.5) is 0 Å².